The van der Waals surface area contributed by atoms with Gasteiger partial charge in [0.2, 0.25) is 0 Å². The monoisotopic (exact) mass is 404 g/mol. The highest BCUT2D eigenvalue weighted by Gasteiger charge is 2.23. The average molecular weight is 405 g/mol. The summed E-state index contributed by atoms with van der Waals surface area (Å²) in [6.07, 6.45) is 6.83. The molecule has 7 heteroatoms. The van der Waals surface area contributed by atoms with Crippen molar-refractivity contribution in [3.8, 4) is 0 Å². The van der Waals surface area contributed by atoms with Gasteiger partial charge < -0.3 is 15.0 Å². The van der Waals surface area contributed by atoms with Gasteiger partial charge in [-0.25, -0.2) is 9.97 Å². The summed E-state index contributed by atoms with van der Waals surface area (Å²) < 4.78 is 5.26. The second-order valence-corrected chi connectivity index (χ2v) is 7.54. The Balaban J connectivity index is 1.60. The Labute approximate surface area is 177 Å². The standard InChI is InChI=1S/C23H28N6O/c1-4-5-11-19-23(29(3)16(2)17-9-7-6-8-10-17)26-22(13-24-19)25-21-12-20(27-28-21)18-14-30-15-18/h5-13,16,18H,4,14-15H2,1-3H3,(H2,25,26,27,28)/b11-5+. The number of nitrogens with one attached hydrogen (secondary N) is 2. The summed E-state index contributed by atoms with van der Waals surface area (Å²) in [5, 5.41) is 10.7. The number of aromatic amines is 1. The fraction of sp³-hybridized carbons (Fsp3) is 0.348. The molecule has 156 valence electrons. The maximum absolute atomic E-state index is 5.26. The number of H-pyrrole nitrogens is 1. The van der Waals surface area contributed by atoms with Crippen LogP contribution in [0.15, 0.2) is 48.7 Å². The molecule has 0 saturated carbocycles. The average Bonchev–Trinajstić information content (AvgIpc) is 3.18. The van der Waals surface area contributed by atoms with Crippen molar-refractivity contribution in [1.29, 1.82) is 0 Å². The van der Waals surface area contributed by atoms with Crippen molar-refractivity contribution in [1.82, 2.24) is 20.2 Å². The van der Waals surface area contributed by atoms with Crippen LogP contribution in [0.3, 0.4) is 0 Å². The molecule has 30 heavy (non-hydrogen) atoms. The minimum Gasteiger partial charge on any atom is -0.380 e. The third-order valence-corrected chi connectivity index (χ3v) is 5.42. The number of aromatic nitrogens is 4. The number of anilines is 3. The smallest absolute Gasteiger partial charge is 0.157 e. The van der Waals surface area contributed by atoms with Gasteiger partial charge in [0.05, 0.1) is 25.5 Å². The molecule has 0 aliphatic carbocycles. The maximum Gasteiger partial charge on any atom is 0.157 e. The highest BCUT2D eigenvalue weighted by atomic mass is 16.5. The van der Waals surface area contributed by atoms with Crippen molar-refractivity contribution >= 4 is 23.5 Å². The van der Waals surface area contributed by atoms with Crippen LogP contribution in [0.1, 0.15) is 49.2 Å². The van der Waals surface area contributed by atoms with E-state index in [0.29, 0.717) is 11.7 Å². The van der Waals surface area contributed by atoms with Crippen molar-refractivity contribution in [3.05, 3.63) is 65.6 Å². The predicted molar refractivity (Wildman–Crippen MR) is 120 cm³/mol. The second kappa shape index (κ2) is 9.09. The topological polar surface area (TPSA) is 79.0 Å². The van der Waals surface area contributed by atoms with Gasteiger partial charge in [-0.2, -0.15) is 5.10 Å². The molecule has 4 rings (SSSR count). The third kappa shape index (κ3) is 4.36. The quantitative estimate of drug-likeness (QED) is 0.568. The molecule has 0 spiro atoms. The first-order chi connectivity index (χ1) is 14.7. The van der Waals surface area contributed by atoms with E-state index in [4.69, 9.17) is 9.72 Å². The normalized spacial score (nSPS) is 15.2. The van der Waals surface area contributed by atoms with Crippen LogP contribution in [0.25, 0.3) is 6.08 Å². The van der Waals surface area contributed by atoms with E-state index in [0.717, 1.165) is 42.7 Å². The Bertz CT molecular complexity index is 996. The van der Waals surface area contributed by atoms with Crippen molar-refractivity contribution in [2.75, 3.05) is 30.5 Å². The van der Waals surface area contributed by atoms with Gasteiger partial charge in [0.25, 0.3) is 0 Å². The Hall–Kier alpha value is -3.19. The first-order valence-electron chi connectivity index (χ1n) is 10.4. The van der Waals surface area contributed by atoms with E-state index in [9.17, 15) is 0 Å². The van der Waals surface area contributed by atoms with E-state index >= 15 is 0 Å². The lowest BCUT2D eigenvalue weighted by Gasteiger charge is -2.27. The maximum atomic E-state index is 5.26. The minimum atomic E-state index is 0.153. The zero-order chi connectivity index (χ0) is 20.9. The zero-order valence-electron chi connectivity index (χ0n) is 17.7. The molecule has 0 amide bonds. The van der Waals surface area contributed by atoms with Crippen LogP contribution < -0.4 is 10.2 Å². The summed E-state index contributed by atoms with van der Waals surface area (Å²) in [6, 6.07) is 12.6. The van der Waals surface area contributed by atoms with Gasteiger partial charge in [-0.1, -0.05) is 43.3 Å². The largest absolute Gasteiger partial charge is 0.380 e. The first kappa shape index (κ1) is 20.1. The summed E-state index contributed by atoms with van der Waals surface area (Å²) in [5.41, 5.74) is 3.15. The van der Waals surface area contributed by atoms with Crippen molar-refractivity contribution in [2.24, 2.45) is 0 Å². The van der Waals surface area contributed by atoms with Gasteiger partial charge in [-0.05, 0) is 25.0 Å². The van der Waals surface area contributed by atoms with Gasteiger partial charge in [0.1, 0.15) is 5.69 Å². The number of hydrogen-bond acceptors (Lipinski definition) is 6. The van der Waals surface area contributed by atoms with Crippen LogP contribution in [0, 0.1) is 0 Å². The van der Waals surface area contributed by atoms with E-state index in [1.165, 1.54) is 5.56 Å². The van der Waals surface area contributed by atoms with Crippen LogP contribution in [0.2, 0.25) is 0 Å². The summed E-state index contributed by atoms with van der Waals surface area (Å²) in [5.74, 6) is 2.61. The molecule has 0 radical (unpaired) electrons. The van der Waals surface area contributed by atoms with Gasteiger partial charge in [-0.15, -0.1) is 0 Å². The van der Waals surface area contributed by atoms with E-state index in [-0.39, 0.29) is 6.04 Å². The summed E-state index contributed by atoms with van der Waals surface area (Å²) in [6.45, 7) is 5.77. The lowest BCUT2D eigenvalue weighted by Crippen LogP contribution is -2.25. The van der Waals surface area contributed by atoms with Crippen molar-refractivity contribution in [2.45, 2.75) is 32.2 Å². The van der Waals surface area contributed by atoms with Gasteiger partial charge in [-0.3, -0.25) is 5.10 Å². The minimum absolute atomic E-state index is 0.153. The molecule has 1 saturated heterocycles. The molecule has 3 aromatic rings. The van der Waals surface area contributed by atoms with Gasteiger partial charge in [0, 0.05) is 24.7 Å². The molecule has 1 aliphatic rings. The molecule has 1 aliphatic heterocycles. The second-order valence-electron chi connectivity index (χ2n) is 7.54. The van der Waals surface area contributed by atoms with E-state index in [2.05, 4.69) is 76.6 Å². The lowest BCUT2D eigenvalue weighted by atomic mass is 10.0. The van der Waals surface area contributed by atoms with Crippen molar-refractivity contribution < 1.29 is 4.74 Å². The molecule has 2 aromatic heterocycles. The Morgan fingerprint density at radius 1 is 1.27 bits per heavy atom. The number of ether oxygens (including phenoxy) is 1. The fourth-order valence-corrected chi connectivity index (χ4v) is 3.35. The SMILES string of the molecule is CC/C=C/c1ncc(Nc2cc(C3COC3)[nH]n2)nc1N(C)C(C)c1ccccc1. The van der Waals surface area contributed by atoms with E-state index in [1.54, 1.807) is 6.20 Å². The number of hydrogen-bond donors (Lipinski definition) is 2. The third-order valence-electron chi connectivity index (χ3n) is 5.42. The number of rotatable bonds is 8. The molecular formula is C23H28N6O. The van der Waals surface area contributed by atoms with Crippen LogP contribution in [0.4, 0.5) is 17.5 Å². The number of nitrogens with zero attached hydrogens (tertiary/aromatic N) is 4. The lowest BCUT2D eigenvalue weighted by molar-refractivity contribution is 0.00670. The van der Waals surface area contributed by atoms with Crippen LogP contribution >= 0.6 is 0 Å². The van der Waals surface area contributed by atoms with E-state index in [1.807, 2.05) is 18.2 Å². The number of benzene rings is 1. The molecule has 2 N–H and O–H groups in total. The molecule has 1 fully saturated rings. The first-order valence-corrected chi connectivity index (χ1v) is 10.4. The molecule has 0 bridgehead atoms. The van der Waals surface area contributed by atoms with Crippen LogP contribution in [-0.2, 0) is 4.74 Å². The summed E-state index contributed by atoms with van der Waals surface area (Å²) >= 11 is 0. The van der Waals surface area contributed by atoms with Crippen molar-refractivity contribution in [3.63, 3.8) is 0 Å². The molecule has 1 atom stereocenters. The van der Waals surface area contributed by atoms with Gasteiger partial charge in [0.15, 0.2) is 17.5 Å². The number of allylic oxidation sites excluding steroid dienone is 1. The molecule has 1 aromatic carbocycles. The molecule has 1 unspecified atom stereocenters. The Kier molecular flexibility index (Phi) is 6.09. The summed E-state index contributed by atoms with van der Waals surface area (Å²) in [4.78, 5) is 11.7. The predicted octanol–water partition coefficient (Wildman–Crippen LogP) is 4.68. The Morgan fingerprint density at radius 3 is 2.77 bits per heavy atom. The summed E-state index contributed by atoms with van der Waals surface area (Å²) in [7, 11) is 2.05. The molecule has 3 heterocycles. The highest BCUT2D eigenvalue weighted by molar-refractivity contribution is 5.64. The molecule has 7 nitrogen and oxygen atoms in total. The van der Waals surface area contributed by atoms with E-state index < -0.39 is 0 Å². The highest BCUT2D eigenvalue weighted by Crippen LogP contribution is 2.29. The van der Waals surface area contributed by atoms with Crippen LogP contribution in [-0.4, -0.2) is 40.4 Å². The molecular weight excluding hydrogens is 376 g/mol. The fourth-order valence-electron chi connectivity index (χ4n) is 3.35. The Morgan fingerprint density at radius 2 is 2.07 bits per heavy atom. The van der Waals surface area contributed by atoms with Crippen LogP contribution in [0.5, 0.6) is 0 Å². The van der Waals surface area contributed by atoms with Gasteiger partial charge >= 0.3 is 0 Å². The zero-order valence-corrected chi connectivity index (χ0v) is 17.7.